The second kappa shape index (κ2) is 4.87. The number of nitriles is 1. The van der Waals surface area contributed by atoms with Gasteiger partial charge in [0, 0.05) is 11.1 Å². The Bertz CT molecular complexity index is 677. The van der Waals surface area contributed by atoms with E-state index in [1.165, 1.54) is 10.4 Å². The average Bonchev–Trinajstić information content (AvgIpc) is 2.98. The van der Waals surface area contributed by atoms with E-state index >= 15 is 0 Å². The number of thiophene rings is 1. The molecular weight excluding hydrogens is 256 g/mol. The van der Waals surface area contributed by atoms with Crippen LogP contribution in [0.2, 0.25) is 0 Å². The number of aryl methyl sites for hydroxylation is 1. The summed E-state index contributed by atoms with van der Waals surface area (Å²) in [6, 6.07) is 9.13. The van der Waals surface area contributed by atoms with E-state index in [-0.39, 0.29) is 5.75 Å². The maximum absolute atomic E-state index is 9.25. The van der Waals surface area contributed by atoms with E-state index in [2.05, 4.69) is 11.1 Å². The molecule has 0 bridgehead atoms. The predicted molar refractivity (Wildman–Crippen MR) is 76.4 cm³/mol. The minimum absolute atomic E-state index is 0.241. The summed E-state index contributed by atoms with van der Waals surface area (Å²) in [5.74, 6) is 0.241. The lowest BCUT2D eigenvalue weighted by Gasteiger charge is -1.94. The van der Waals surface area contributed by atoms with Crippen LogP contribution in [0, 0.1) is 11.3 Å². The van der Waals surface area contributed by atoms with Crippen LogP contribution in [0.1, 0.15) is 28.0 Å². The zero-order valence-electron chi connectivity index (χ0n) is 10.3. The fraction of sp³-hybridized carbons (Fsp3) is 0.200. The number of fused-ring (bicyclic) bond motifs is 1. The third-order valence-corrected chi connectivity index (χ3v) is 4.44. The SMILES string of the molecule is N#Cc1c(N=Cc2ccc(O)cc2)sc2c1CCC2. The number of phenolic OH excluding ortho intramolecular Hbond substituents is 1. The topological polar surface area (TPSA) is 56.4 Å². The van der Waals surface area contributed by atoms with Crippen molar-refractivity contribution in [2.45, 2.75) is 19.3 Å². The fourth-order valence-electron chi connectivity index (χ4n) is 2.29. The van der Waals surface area contributed by atoms with Crippen LogP contribution in [0.4, 0.5) is 5.00 Å². The van der Waals surface area contributed by atoms with Crippen LogP contribution in [-0.4, -0.2) is 11.3 Å². The van der Waals surface area contributed by atoms with Crippen molar-refractivity contribution in [2.24, 2.45) is 4.99 Å². The van der Waals surface area contributed by atoms with Crippen LogP contribution in [0.5, 0.6) is 5.75 Å². The Morgan fingerprint density at radius 1 is 1.26 bits per heavy atom. The largest absolute Gasteiger partial charge is 0.508 e. The van der Waals surface area contributed by atoms with Crippen molar-refractivity contribution in [2.75, 3.05) is 0 Å². The summed E-state index contributed by atoms with van der Waals surface area (Å²) in [4.78, 5) is 5.74. The second-order valence-electron chi connectivity index (χ2n) is 4.50. The number of rotatable bonds is 2. The molecule has 0 spiro atoms. The van der Waals surface area contributed by atoms with Gasteiger partial charge in [0.05, 0.1) is 5.56 Å². The van der Waals surface area contributed by atoms with Crippen molar-refractivity contribution in [3.8, 4) is 11.8 Å². The number of hydrogen-bond acceptors (Lipinski definition) is 4. The highest BCUT2D eigenvalue weighted by Gasteiger charge is 2.21. The molecule has 1 aromatic heterocycles. The van der Waals surface area contributed by atoms with Gasteiger partial charge in [-0.15, -0.1) is 11.3 Å². The summed E-state index contributed by atoms with van der Waals surface area (Å²) >= 11 is 1.63. The van der Waals surface area contributed by atoms with Crippen molar-refractivity contribution in [3.05, 3.63) is 45.8 Å². The molecule has 3 rings (SSSR count). The summed E-state index contributed by atoms with van der Waals surface area (Å²) in [6.07, 6.45) is 4.96. The highest BCUT2D eigenvalue weighted by Crippen LogP contribution is 2.40. The molecule has 0 fully saturated rings. The Morgan fingerprint density at radius 2 is 2.05 bits per heavy atom. The van der Waals surface area contributed by atoms with Crippen LogP contribution in [0.15, 0.2) is 29.3 Å². The molecule has 0 radical (unpaired) electrons. The van der Waals surface area contributed by atoms with Gasteiger partial charge < -0.3 is 5.11 Å². The quantitative estimate of drug-likeness (QED) is 0.846. The first-order chi connectivity index (χ1) is 9.28. The van der Waals surface area contributed by atoms with Gasteiger partial charge in [0.1, 0.15) is 16.8 Å². The van der Waals surface area contributed by atoms with Gasteiger partial charge in [-0.3, -0.25) is 0 Å². The molecule has 1 N–H and O–H groups in total. The first-order valence-corrected chi connectivity index (χ1v) is 6.97. The van der Waals surface area contributed by atoms with E-state index in [9.17, 15) is 10.4 Å². The molecule has 0 saturated carbocycles. The lowest BCUT2D eigenvalue weighted by atomic mass is 10.1. The van der Waals surface area contributed by atoms with Crippen molar-refractivity contribution in [1.29, 1.82) is 5.26 Å². The Hall–Kier alpha value is -2.12. The number of nitrogens with zero attached hydrogens (tertiary/aromatic N) is 2. The minimum Gasteiger partial charge on any atom is -0.508 e. The van der Waals surface area contributed by atoms with E-state index in [4.69, 9.17) is 0 Å². The van der Waals surface area contributed by atoms with Crippen LogP contribution in [0.25, 0.3) is 0 Å². The second-order valence-corrected chi connectivity index (χ2v) is 5.58. The molecule has 0 saturated heterocycles. The van der Waals surface area contributed by atoms with Crippen LogP contribution >= 0.6 is 11.3 Å². The summed E-state index contributed by atoms with van der Waals surface area (Å²) < 4.78 is 0. The molecule has 1 aromatic carbocycles. The first kappa shape index (κ1) is 11.9. The highest BCUT2D eigenvalue weighted by atomic mass is 32.1. The first-order valence-electron chi connectivity index (χ1n) is 6.15. The van der Waals surface area contributed by atoms with E-state index < -0.39 is 0 Å². The highest BCUT2D eigenvalue weighted by molar-refractivity contribution is 7.16. The van der Waals surface area contributed by atoms with Crippen LogP contribution < -0.4 is 0 Å². The number of benzene rings is 1. The monoisotopic (exact) mass is 268 g/mol. The Morgan fingerprint density at radius 3 is 2.79 bits per heavy atom. The minimum atomic E-state index is 0.241. The lowest BCUT2D eigenvalue weighted by molar-refractivity contribution is 0.475. The van der Waals surface area contributed by atoms with Crippen LogP contribution in [-0.2, 0) is 12.8 Å². The molecular formula is C15H12N2OS. The number of phenols is 1. The molecule has 1 aliphatic rings. The van der Waals surface area contributed by atoms with E-state index in [0.29, 0.717) is 0 Å². The van der Waals surface area contributed by atoms with Gasteiger partial charge in [-0.05, 0) is 54.7 Å². The molecule has 0 amide bonds. The van der Waals surface area contributed by atoms with Gasteiger partial charge in [0.2, 0.25) is 0 Å². The molecule has 1 heterocycles. The summed E-state index contributed by atoms with van der Waals surface area (Å²) in [5.41, 5.74) is 2.85. The van der Waals surface area contributed by atoms with Gasteiger partial charge in [0.15, 0.2) is 0 Å². The summed E-state index contributed by atoms with van der Waals surface area (Å²) in [7, 11) is 0. The third kappa shape index (κ3) is 2.25. The zero-order chi connectivity index (χ0) is 13.2. The van der Waals surface area contributed by atoms with E-state index in [1.807, 2.05) is 0 Å². The van der Waals surface area contributed by atoms with Gasteiger partial charge in [-0.1, -0.05) is 0 Å². The number of hydrogen-bond donors (Lipinski definition) is 1. The molecule has 94 valence electrons. The van der Waals surface area contributed by atoms with Gasteiger partial charge >= 0.3 is 0 Å². The summed E-state index contributed by atoms with van der Waals surface area (Å²) in [6.45, 7) is 0. The Balaban J connectivity index is 1.92. The lowest BCUT2D eigenvalue weighted by Crippen LogP contribution is -1.81. The van der Waals surface area contributed by atoms with Crippen molar-refractivity contribution < 1.29 is 5.11 Å². The smallest absolute Gasteiger partial charge is 0.134 e. The van der Waals surface area contributed by atoms with E-state index in [1.54, 1.807) is 41.8 Å². The van der Waals surface area contributed by atoms with Crippen molar-refractivity contribution >= 4 is 22.6 Å². The Labute approximate surface area is 115 Å². The standard InChI is InChI=1S/C15H12N2OS/c16-8-13-12-2-1-3-14(12)19-15(13)17-9-10-4-6-11(18)7-5-10/h4-7,9,18H,1-3H2. The normalized spacial score (nSPS) is 13.6. The Kier molecular flexibility index (Phi) is 3.06. The van der Waals surface area contributed by atoms with Crippen molar-refractivity contribution in [1.82, 2.24) is 0 Å². The van der Waals surface area contributed by atoms with Gasteiger partial charge in [-0.25, -0.2) is 4.99 Å². The molecule has 1 aliphatic carbocycles. The predicted octanol–water partition coefficient (Wildman–Crippen LogP) is 3.56. The van der Waals surface area contributed by atoms with Gasteiger partial charge in [0.25, 0.3) is 0 Å². The molecule has 4 heteroatoms. The number of aliphatic imine (C=N–C) groups is 1. The summed E-state index contributed by atoms with van der Waals surface area (Å²) in [5, 5.41) is 19.3. The number of aromatic hydroxyl groups is 1. The maximum atomic E-state index is 9.25. The molecule has 0 unspecified atom stereocenters. The van der Waals surface area contributed by atoms with Gasteiger partial charge in [-0.2, -0.15) is 5.26 Å². The maximum Gasteiger partial charge on any atom is 0.134 e. The average molecular weight is 268 g/mol. The zero-order valence-corrected chi connectivity index (χ0v) is 11.1. The molecule has 3 nitrogen and oxygen atoms in total. The molecule has 2 aromatic rings. The fourth-order valence-corrected chi connectivity index (χ4v) is 3.47. The molecule has 0 atom stereocenters. The van der Waals surface area contributed by atoms with Crippen LogP contribution in [0.3, 0.4) is 0 Å². The molecule has 0 aliphatic heterocycles. The van der Waals surface area contributed by atoms with E-state index in [0.717, 1.165) is 35.4 Å². The van der Waals surface area contributed by atoms with Crippen molar-refractivity contribution in [3.63, 3.8) is 0 Å². The molecule has 19 heavy (non-hydrogen) atoms. The third-order valence-electron chi connectivity index (χ3n) is 3.24.